The molecular formula is C22H22N6O2. The molecule has 8 nitrogen and oxygen atoms in total. The van der Waals surface area contributed by atoms with E-state index in [0.717, 1.165) is 5.56 Å². The van der Waals surface area contributed by atoms with Crippen molar-refractivity contribution in [3.8, 4) is 11.4 Å². The van der Waals surface area contributed by atoms with Crippen molar-refractivity contribution in [2.24, 2.45) is 10.7 Å². The zero-order chi connectivity index (χ0) is 21.3. The summed E-state index contributed by atoms with van der Waals surface area (Å²) in [6.07, 6.45) is 3.55. The molecule has 8 heteroatoms. The molecule has 0 bridgehead atoms. The highest BCUT2D eigenvalue weighted by Gasteiger charge is 2.36. The Labute approximate surface area is 173 Å². The standard InChI is InChI=1S/C22H22N6O2/c1-22(13-18(29)28(2)21(23)27-22)14-6-5-7-15(12-14)26-20(30)17-9-4-3-8-16(17)19-24-10-11-25-19/h3-12H,13H2,1-2H3,(H2,23,27)(H,24,25)(H,26,30)/t22-/m0/s1. The number of hydrogen-bond donors (Lipinski definition) is 3. The van der Waals surface area contributed by atoms with Gasteiger partial charge in [0.15, 0.2) is 5.96 Å². The number of carbonyl (C=O) groups is 2. The largest absolute Gasteiger partial charge is 0.369 e. The number of aromatic nitrogens is 2. The van der Waals surface area contributed by atoms with Crippen LogP contribution in [0.5, 0.6) is 0 Å². The molecule has 4 N–H and O–H groups in total. The van der Waals surface area contributed by atoms with Crippen LogP contribution in [-0.4, -0.2) is 39.7 Å². The van der Waals surface area contributed by atoms with E-state index in [4.69, 9.17) is 5.73 Å². The number of nitrogens with zero attached hydrogens (tertiary/aromatic N) is 3. The van der Waals surface area contributed by atoms with Crippen molar-refractivity contribution >= 4 is 23.5 Å². The molecule has 4 rings (SSSR count). The molecule has 0 unspecified atom stereocenters. The summed E-state index contributed by atoms with van der Waals surface area (Å²) in [5.41, 5.74) is 7.74. The van der Waals surface area contributed by atoms with Crippen molar-refractivity contribution in [2.45, 2.75) is 18.9 Å². The van der Waals surface area contributed by atoms with Gasteiger partial charge in [-0.25, -0.2) is 9.98 Å². The van der Waals surface area contributed by atoms with Crippen LogP contribution in [-0.2, 0) is 10.3 Å². The number of benzene rings is 2. The first-order valence-corrected chi connectivity index (χ1v) is 9.50. The highest BCUT2D eigenvalue weighted by atomic mass is 16.2. The minimum absolute atomic E-state index is 0.105. The molecule has 0 saturated carbocycles. The summed E-state index contributed by atoms with van der Waals surface area (Å²) in [4.78, 5) is 38.4. The second kappa shape index (κ2) is 7.47. The van der Waals surface area contributed by atoms with Crippen LogP contribution < -0.4 is 11.1 Å². The summed E-state index contributed by atoms with van der Waals surface area (Å²) in [6, 6.07) is 14.6. The Bertz CT molecular complexity index is 1140. The van der Waals surface area contributed by atoms with E-state index < -0.39 is 5.54 Å². The van der Waals surface area contributed by atoms with Crippen molar-refractivity contribution in [1.82, 2.24) is 14.9 Å². The average molecular weight is 402 g/mol. The molecule has 1 aliphatic heterocycles. The topological polar surface area (TPSA) is 116 Å². The third-order valence-corrected chi connectivity index (χ3v) is 5.24. The van der Waals surface area contributed by atoms with Crippen LogP contribution in [0.2, 0.25) is 0 Å². The first-order valence-electron chi connectivity index (χ1n) is 9.50. The smallest absolute Gasteiger partial charge is 0.256 e. The highest BCUT2D eigenvalue weighted by molar-refractivity contribution is 6.08. The van der Waals surface area contributed by atoms with E-state index >= 15 is 0 Å². The number of nitrogens with one attached hydrogen (secondary N) is 2. The Morgan fingerprint density at radius 3 is 2.77 bits per heavy atom. The Morgan fingerprint density at radius 2 is 2.03 bits per heavy atom. The Morgan fingerprint density at radius 1 is 1.23 bits per heavy atom. The molecule has 1 aromatic heterocycles. The first kappa shape index (κ1) is 19.4. The normalized spacial score (nSPS) is 18.8. The van der Waals surface area contributed by atoms with Crippen molar-refractivity contribution < 1.29 is 9.59 Å². The number of nitrogens with two attached hydrogens (primary N) is 1. The van der Waals surface area contributed by atoms with Gasteiger partial charge in [0.1, 0.15) is 5.82 Å². The van der Waals surface area contributed by atoms with Crippen LogP contribution >= 0.6 is 0 Å². The van der Waals surface area contributed by atoms with E-state index in [0.29, 0.717) is 22.6 Å². The van der Waals surface area contributed by atoms with Gasteiger partial charge in [0.25, 0.3) is 5.91 Å². The third kappa shape index (κ3) is 3.55. The lowest BCUT2D eigenvalue weighted by atomic mass is 9.87. The molecule has 1 aliphatic rings. The van der Waals surface area contributed by atoms with Crippen molar-refractivity contribution in [3.63, 3.8) is 0 Å². The van der Waals surface area contributed by atoms with Crippen molar-refractivity contribution in [1.29, 1.82) is 0 Å². The fourth-order valence-corrected chi connectivity index (χ4v) is 3.51. The number of amides is 2. The lowest BCUT2D eigenvalue weighted by molar-refractivity contribution is -0.128. The van der Waals surface area contributed by atoms with E-state index in [9.17, 15) is 9.59 Å². The van der Waals surface area contributed by atoms with E-state index in [1.165, 1.54) is 4.90 Å². The van der Waals surface area contributed by atoms with E-state index in [1.807, 2.05) is 37.3 Å². The van der Waals surface area contributed by atoms with Gasteiger partial charge < -0.3 is 16.0 Å². The molecule has 2 amide bonds. The van der Waals surface area contributed by atoms with E-state index in [-0.39, 0.29) is 24.2 Å². The molecule has 0 spiro atoms. The molecule has 0 aliphatic carbocycles. The van der Waals surface area contributed by atoms with Gasteiger partial charge in [-0.15, -0.1) is 0 Å². The zero-order valence-corrected chi connectivity index (χ0v) is 16.7. The molecule has 30 heavy (non-hydrogen) atoms. The average Bonchev–Trinajstić information content (AvgIpc) is 3.27. The molecular weight excluding hydrogens is 380 g/mol. The van der Waals surface area contributed by atoms with Gasteiger partial charge in [0.2, 0.25) is 5.91 Å². The highest BCUT2D eigenvalue weighted by Crippen LogP contribution is 2.34. The number of carbonyl (C=O) groups excluding carboxylic acids is 2. The summed E-state index contributed by atoms with van der Waals surface area (Å²) in [6.45, 7) is 1.86. The predicted octanol–water partition coefficient (Wildman–Crippen LogP) is 2.72. The number of imidazole rings is 1. The van der Waals surface area contributed by atoms with Crippen LogP contribution in [0.15, 0.2) is 65.9 Å². The summed E-state index contributed by atoms with van der Waals surface area (Å²) in [5.74, 6) is 0.436. The Kier molecular flexibility index (Phi) is 4.83. The van der Waals surface area contributed by atoms with E-state index in [2.05, 4.69) is 20.3 Å². The number of aliphatic imine (C=N–C) groups is 1. The second-order valence-corrected chi connectivity index (χ2v) is 7.39. The lowest BCUT2D eigenvalue weighted by Crippen LogP contribution is -2.47. The van der Waals surface area contributed by atoms with Gasteiger partial charge in [-0.2, -0.15) is 0 Å². The van der Waals surface area contributed by atoms with Crippen molar-refractivity contribution in [3.05, 3.63) is 72.1 Å². The number of H-pyrrole nitrogens is 1. The zero-order valence-electron chi connectivity index (χ0n) is 16.7. The summed E-state index contributed by atoms with van der Waals surface area (Å²) >= 11 is 0. The number of aromatic amines is 1. The summed E-state index contributed by atoms with van der Waals surface area (Å²) in [5, 5.41) is 2.93. The molecule has 0 radical (unpaired) electrons. The summed E-state index contributed by atoms with van der Waals surface area (Å²) < 4.78 is 0. The molecule has 0 saturated heterocycles. The number of anilines is 1. The fraction of sp³-hybridized carbons (Fsp3) is 0.182. The minimum Gasteiger partial charge on any atom is -0.369 e. The Balaban J connectivity index is 1.62. The molecule has 0 fully saturated rings. The van der Waals surface area contributed by atoms with Crippen LogP contribution in [0.3, 0.4) is 0 Å². The predicted molar refractivity (Wildman–Crippen MR) is 115 cm³/mol. The molecule has 3 aromatic rings. The van der Waals surface area contributed by atoms with Gasteiger partial charge in [-0.05, 0) is 30.7 Å². The molecule has 2 aromatic carbocycles. The van der Waals surface area contributed by atoms with Crippen LogP contribution in [0.25, 0.3) is 11.4 Å². The maximum absolute atomic E-state index is 13.0. The Hall–Kier alpha value is -3.94. The second-order valence-electron chi connectivity index (χ2n) is 7.39. The molecule has 2 heterocycles. The monoisotopic (exact) mass is 402 g/mol. The minimum atomic E-state index is -0.791. The molecule has 1 atom stereocenters. The maximum Gasteiger partial charge on any atom is 0.256 e. The SMILES string of the molecule is CN1C(=O)C[C@@](C)(c2cccc(NC(=O)c3ccccc3-c3ncc[nH]3)c2)N=C1N. The number of hydrogen-bond acceptors (Lipinski definition) is 5. The first-order chi connectivity index (χ1) is 14.4. The third-order valence-electron chi connectivity index (χ3n) is 5.24. The fourth-order valence-electron chi connectivity index (χ4n) is 3.51. The maximum atomic E-state index is 13.0. The summed E-state index contributed by atoms with van der Waals surface area (Å²) in [7, 11) is 1.61. The van der Waals surface area contributed by atoms with Crippen LogP contribution in [0, 0.1) is 0 Å². The molecule has 152 valence electrons. The van der Waals surface area contributed by atoms with E-state index in [1.54, 1.807) is 37.6 Å². The number of guanidine groups is 1. The van der Waals surface area contributed by atoms with Gasteiger partial charge in [-0.1, -0.05) is 30.3 Å². The quantitative estimate of drug-likeness (QED) is 0.622. The van der Waals surface area contributed by atoms with Gasteiger partial charge in [0.05, 0.1) is 17.5 Å². The number of rotatable bonds is 4. The van der Waals surface area contributed by atoms with Crippen LogP contribution in [0.4, 0.5) is 5.69 Å². The van der Waals surface area contributed by atoms with Crippen LogP contribution in [0.1, 0.15) is 29.3 Å². The van der Waals surface area contributed by atoms with Gasteiger partial charge in [-0.3, -0.25) is 14.5 Å². The van der Waals surface area contributed by atoms with Gasteiger partial charge >= 0.3 is 0 Å². The van der Waals surface area contributed by atoms with Gasteiger partial charge in [0, 0.05) is 30.7 Å². The van der Waals surface area contributed by atoms with Crippen molar-refractivity contribution in [2.75, 3.05) is 12.4 Å². The lowest BCUT2D eigenvalue weighted by Gasteiger charge is -2.33.